The Morgan fingerprint density at radius 1 is 0.778 bits per heavy atom. The van der Waals surface area contributed by atoms with E-state index >= 15 is 0 Å². The third-order valence-corrected chi connectivity index (χ3v) is 6.81. The zero-order valence-corrected chi connectivity index (χ0v) is 16.7. The first kappa shape index (κ1) is 18.8. The maximum Gasteiger partial charge on any atom is 0.250 e. The zero-order valence-electron chi connectivity index (χ0n) is 15.9. The van der Waals surface area contributed by atoms with Crippen LogP contribution in [0.15, 0.2) is 24.3 Å². The van der Waals surface area contributed by atoms with E-state index < -0.39 is 6.04 Å². The van der Waals surface area contributed by atoms with Crippen molar-refractivity contribution in [1.29, 1.82) is 0 Å². The van der Waals surface area contributed by atoms with E-state index in [9.17, 15) is 9.59 Å². The molecule has 1 aliphatic heterocycles. The van der Waals surface area contributed by atoms with Gasteiger partial charge in [0.2, 0.25) is 5.91 Å². The normalized spacial score (nSPS) is 25.9. The van der Waals surface area contributed by atoms with Gasteiger partial charge in [-0.3, -0.25) is 9.59 Å². The fourth-order valence-corrected chi connectivity index (χ4v) is 5.27. The number of carbonyl (C=O) groups excluding carboxylic acids is 2. The Labute approximate surface area is 166 Å². The number of hydrogen-bond donors (Lipinski definition) is 0. The van der Waals surface area contributed by atoms with E-state index in [1.165, 1.54) is 12.8 Å². The molecule has 4 nitrogen and oxygen atoms in total. The minimum atomic E-state index is -0.491. The molecule has 2 saturated carbocycles. The van der Waals surface area contributed by atoms with Gasteiger partial charge >= 0.3 is 0 Å². The van der Waals surface area contributed by atoms with E-state index in [1.54, 1.807) is 0 Å². The molecule has 1 aromatic carbocycles. The van der Waals surface area contributed by atoms with E-state index in [0.29, 0.717) is 5.02 Å². The molecule has 1 heterocycles. The van der Waals surface area contributed by atoms with Crippen molar-refractivity contribution in [3.05, 3.63) is 34.9 Å². The quantitative estimate of drug-likeness (QED) is 0.703. The van der Waals surface area contributed by atoms with Gasteiger partial charge in [-0.1, -0.05) is 62.3 Å². The van der Waals surface area contributed by atoms with Crippen LogP contribution in [0, 0.1) is 0 Å². The number of amides is 2. The van der Waals surface area contributed by atoms with Crippen LogP contribution in [0.5, 0.6) is 0 Å². The topological polar surface area (TPSA) is 40.6 Å². The fraction of sp³-hybridized carbons (Fsp3) is 0.636. The molecule has 0 unspecified atom stereocenters. The summed E-state index contributed by atoms with van der Waals surface area (Å²) in [7, 11) is 0. The Kier molecular flexibility index (Phi) is 5.72. The molecular weight excluding hydrogens is 360 g/mol. The standard InChI is InChI=1S/C22H29ClN2O2/c23-17-13-11-16(12-14-17)21-22(27)24(18-7-3-1-2-4-8-18)15-20(26)25(21)19-9-5-6-10-19/h11-14,18-19,21H,1-10,15H2/t21-/m1/s1. The van der Waals surface area contributed by atoms with Crippen molar-refractivity contribution in [3.8, 4) is 0 Å². The molecule has 0 radical (unpaired) electrons. The van der Waals surface area contributed by atoms with Crippen LogP contribution in [0.25, 0.3) is 0 Å². The molecule has 3 fully saturated rings. The first-order valence-corrected chi connectivity index (χ1v) is 10.9. The number of carbonyl (C=O) groups is 2. The largest absolute Gasteiger partial charge is 0.328 e. The Morgan fingerprint density at radius 3 is 1.96 bits per heavy atom. The highest BCUT2D eigenvalue weighted by atomic mass is 35.5. The van der Waals surface area contributed by atoms with Gasteiger partial charge in [0.15, 0.2) is 0 Å². The molecule has 5 heteroatoms. The second-order valence-corrected chi connectivity index (χ2v) is 8.74. The Bertz CT molecular complexity index is 676. The van der Waals surface area contributed by atoms with Crippen molar-refractivity contribution in [3.63, 3.8) is 0 Å². The summed E-state index contributed by atoms with van der Waals surface area (Å²) in [6.07, 6.45) is 11.1. The number of halogens is 1. The van der Waals surface area contributed by atoms with Crippen LogP contribution in [0.1, 0.15) is 75.8 Å². The first-order valence-electron chi connectivity index (χ1n) is 10.5. The van der Waals surface area contributed by atoms with Gasteiger partial charge in [0.25, 0.3) is 5.91 Å². The molecule has 2 aliphatic carbocycles. The Hall–Kier alpha value is -1.55. The molecule has 3 aliphatic rings. The number of piperazine rings is 1. The van der Waals surface area contributed by atoms with Gasteiger partial charge in [-0.05, 0) is 43.4 Å². The zero-order chi connectivity index (χ0) is 18.8. The predicted octanol–water partition coefficient (Wildman–Crippen LogP) is 4.72. The van der Waals surface area contributed by atoms with E-state index in [1.807, 2.05) is 34.1 Å². The molecule has 0 spiro atoms. The number of benzene rings is 1. The van der Waals surface area contributed by atoms with E-state index in [-0.39, 0.29) is 30.4 Å². The van der Waals surface area contributed by atoms with Crippen LogP contribution >= 0.6 is 11.6 Å². The maximum absolute atomic E-state index is 13.6. The summed E-state index contributed by atoms with van der Waals surface area (Å²) in [5, 5.41) is 0.654. The highest BCUT2D eigenvalue weighted by Gasteiger charge is 2.45. The minimum Gasteiger partial charge on any atom is -0.328 e. The molecule has 27 heavy (non-hydrogen) atoms. The van der Waals surface area contributed by atoms with E-state index in [4.69, 9.17) is 11.6 Å². The third-order valence-electron chi connectivity index (χ3n) is 6.56. The summed E-state index contributed by atoms with van der Waals surface area (Å²) in [5.74, 6) is 0.224. The highest BCUT2D eigenvalue weighted by molar-refractivity contribution is 6.30. The maximum atomic E-state index is 13.6. The minimum absolute atomic E-state index is 0.107. The van der Waals surface area contributed by atoms with Crippen molar-refractivity contribution >= 4 is 23.4 Å². The first-order chi connectivity index (χ1) is 13.1. The summed E-state index contributed by atoms with van der Waals surface area (Å²) in [6.45, 7) is 0.254. The average molecular weight is 389 g/mol. The molecule has 146 valence electrons. The van der Waals surface area contributed by atoms with Crippen molar-refractivity contribution in [2.45, 2.75) is 82.3 Å². The van der Waals surface area contributed by atoms with Crippen LogP contribution in [-0.4, -0.2) is 40.2 Å². The van der Waals surface area contributed by atoms with Gasteiger partial charge in [-0.25, -0.2) is 0 Å². The third kappa shape index (κ3) is 3.87. The van der Waals surface area contributed by atoms with E-state index in [2.05, 4.69) is 0 Å². The fourth-order valence-electron chi connectivity index (χ4n) is 5.15. The van der Waals surface area contributed by atoms with E-state index in [0.717, 1.165) is 56.9 Å². The second-order valence-electron chi connectivity index (χ2n) is 8.30. The molecule has 0 aromatic heterocycles. The van der Waals surface area contributed by atoms with Crippen molar-refractivity contribution in [2.75, 3.05) is 6.54 Å². The SMILES string of the molecule is O=C1[C@@H](c2ccc(Cl)cc2)N(C2CCCC2)C(=O)CN1C1CCCCCC1. The summed E-state index contributed by atoms with van der Waals surface area (Å²) in [5.41, 5.74) is 0.892. The predicted molar refractivity (Wildman–Crippen MR) is 106 cm³/mol. The summed E-state index contributed by atoms with van der Waals surface area (Å²) in [4.78, 5) is 30.7. The number of nitrogens with zero attached hydrogens (tertiary/aromatic N) is 2. The van der Waals surface area contributed by atoms with Crippen LogP contribution in [-0.2, 0) is 9.59 Å². The van der Waals surface area contributed by atoms with Gasteiger partial charge in [0, 0.05) is 17.1 Å². The van der Waals surface area contributed by atoms with Crippen molar-refractivity contribution < 1.29 is 9.59 Å². The van der Waals surface area contributed by atoms with Gasteiger partial charge in [-0.15, -0.1) is 0 Å². The molecule has 0 bridgehead atoms. The molecule has 2 amide bonds. The summed E-state index contributed by atoms with van der Waals surface area (Å²) < 4.78 is 0. The molecule has 1 atom stereocenters. The Balaban J connectivity index is 1.66. The summed E-state index contributed by atoms with van der Waals surface area (Å²) >= 11 is 6.07. The highest BCUT2D eigenvalue weighted by Crippen LogP contribution is 2.37. The molecule has 0 N–H and O–H groups in total. The summed E-state index contributed by atoms with van der Waals surface area (Å²) in [6, 6.07) is 7.39. The van der Waals surface area contributed by atoms with Crippen molar-refractivity contribution in [1.82, 2.24) is 9.80 Å². The van der Waals surface area contributed by atoms with Crippen molar-refractivity contribution in [2.24, 2.45) is 0 Å². The lowest BCUT2D eigenvalue weighted by Crippen LogP contribution is -2.60. The van der Waals surface area contributed by atoms with Crippen LogP contribution in [0.3, 0.4) is 0 Å². The molecule has 1 aromatic rings. The smallest absolute Gasteiger partial charge is 0.250 e. The monoisotopic (exact) mass is 388 g/mol. The molecular formula is C22H29ClN2O2. The average Bonchev–Trinajstić information content (AvgIpc) is 3.06. The van der Waals surface area contributed by atoms with Crippen LogP contribution in [0.2, 0.25) is 5.02 Å². The van der Waals surface area contributed by atoms with Gasteiger partial charge in [0.1, 0.15) is 12.6 Å². The van der Waals surface area contributed by atoms with Crippen LogP contribution in [0.4, 0.5) is 0 Å². The van der Waals surface area contributed by atoms with Gasteiger partial charge in [0.05, 0.1) is 0 Å². The molecule has 4 rings (SSSR count). The number of rotatable bonds is 3. The lowest BCUT2D eigenvalue weighted by molar-refractivity contribution is -0.161. The number of hydrogen-bond acceptors (Lipinski definition) is 2. The van der Waals surface area contributed by atoms with Gasteiger partial charge in [-0.2, -0.15) is 0 Å². The second kappa shape index (κ2) is 8.22. The van der Waals surface area contributed by atoms with Gasteiger partial charge < -0.3 is 9.80 Å². The molecule has 1 saturated heterocycles. The Morgan fingerprint density at radius 2 is 1.33 bits per heavy atom. The van der Waals surface area contributed by atoms with Crippen LogP contribution < -0.4 is 0 Å². The lowest BCUT2D eigenvalue weighted by Gasteiger charge is -2.46. The lowest BCUT2D eigenvalue weighted by atomic mass is 9.95.